The van der Waals surface area contributed by atoms with Crippen LogP contribution in [0.3, 0.4) is 0 Å². The molecule has 0 fully saturated rings. The normalized spacial score (nSPS) is 10.3. The Bertz CT molecular complexity index is 463. The predicted molar refractivity (Wildman–Crippen MR) is 61.5 cm³/mol. The minimum Gasteiger partial charge on any atom is -0.351 e. The molecule has 16 heavy (non-hydrogen) atoms. The maximum atomic E-state index is 11.7. The fraction of sp³-hybridized carbons (Fsp3) is 0.300. The zero-order chi connectivity index (χ0) is 11.4. The van der Waals surface area contributed by atoms with Gasteiger partial charge in [0.05, 0.1) is 17.5 Å². The average Bonchev–Trinajstić information content (AvgIpc) is 2.88. The molecule has 0 radical (unpaired) electrons. The molecule has 2 rings (SSSR count). The zero-order valence-corrected chi connectivity index (χ0v) is 9.67. The first-order valence-corrected chi connectivity index (χ1v) is 5.81. The number of nitrogens with one attached hydrogen (secondary N) is 2. The molecular formula is C10H12N4OS. The van der Waals surface area contributed by atoms with Gasteiger partial charge in [0.25, 0.3) is 5.91 Å². The van der Waals surface area contributed by atoms with Crippen molar-refractivity contribution in [1.82, 2.24) is 20.3 Å². The van der Waals surface area contributed by atoms with Gasteiger partial charge < -0.3 is 10.3 Å². The summed E-state index contributed by atoms with van der Waals surface area (Å²) in [5.74, 6) is -0.0560. The number of aromatic amines is 1. The topological polar surface area (TPSA) is 70.7 Å². The number of thiazole rings is 1. The molecule has 1 amide bonds. The highest BCUT2D eigenvalue weighted by Gasteiger charge is 2.10. The molecule has 0 bridgehead atoms. The van der Waals surface area contributed by atoms with Crippen molar-refractivity contribution in [1.29, 1.82) is 0 Å². The number of hydrogen-bond donors (Lipinski definition) is 2. The van der Waals surface area contributed by atoms with Crippen molar-refractivity contribution in [3.8, 4) is 0 Å². The second-order valence-corrected chi connectivity index (χ2v) is 4.20. The number of aromatic nitrogens is 3. The van der Waals surface area contributed by atoms with E-state index in [1.807, 2.05) is 6.92 Å². The summed E-state index contributed by atoms with van der Waals surface area (Å²) >= 11 is 1.36. The van der Waals surface area contributed by atoms with E-state index in [4.69, 9.17) is 0 Å². The van der Waals surface area contributed by atoms with E-state index >= 15 is 0 Å². The van der Waals surface area contributed by atoms with Gasteiger partial charge in [-0.05, 0) is 6.92 Å². The van der Waals surface area contributed by atoms with E-state index in [2.05, 4.69) is 20.3 Å². The Morgan fingerprint density at radius 1 is 1.62 bits per heavy atom. The van der Waals surface area contributed by atoms with Crippen LogP contribution in [0.25, 0.3) is 0 Å². The number of hydrogen-bond acceptors (Lipinski definition) is 4. The summed E-state index contributed by atoms with van der Waals surface area (Å²) in [5, 5.41) is 2.85. The van der Waals surface area contributed by atoms with Crippen LogP contribution in [-0.2, 0) is 6.42 Å². The lowest BCUT2D eigenvalue weighted by Crippen LogP contribution is -2.25. The van der Waals surface area contributed by atoms with Crippen molar-refractivity contribution < 1.29 is 4.79 Å². The first kappa shape index (κ1) is 10.8. The molecule has 0 aromatic carbocycles. The van der Waals surface area contributed by atoms with Gasteiger partial charge in [0, 0.05) is 24.9 Å². The lowest BCUT2D eigenvalue weighted by molar-refractivity contribution is 0.0957. The zero-order valence-electron chi connectivity index (χ0n) is 8.86. The third-order valence-corrected chi connectivity index (χ3v) is 3.11. The molecule has 0 atom stereocenters. The fourth-order valence-electron chi connectivity index (χ4n) is 1.33. The van der Waals surface area contributed by atoms with Gasteiger partial charge in [0.15, 0.2) is 0 Å². The second kappa shape index (κ2) is 4.89. The number of rotatable bonds is 4. The maximum absolute atomic E-state index is 11.7. The first-order chi connectivity index (χ1) is 7.77. The van der Waals surface area contributed by atoms with Crippen molar-refractivity contribution in [2.75, 3.05) is 6.54 Å². The van der Waals surface area contributed by atoms with E-state index in [-0.39, 0.29) is 5.91 Å². The molecule has 0 saturated carbocycles. The summed E-state index contributed by atoms with van der Waals surface area (Å²) in [6, 6.07) is 0. The molecule has 6 heteroatoms. The first-order valence-electron chi connectivity index (χ1n) is 4.93. The molecule has 0 unspecified atom stereocenters. The molecular weight excluding hydrogens is 224 g/mol. The lowest BCUT2D eigenvalue weighted by Gasteiger charge is -2.02. The summed E-state index contributed by atoms with van der Waals surface area (Å²) in [4.78, 5) is 23.3. The van der Waals surface area contributed by atoms with E-state index in [1.165, 1.54) is 11.3 Å². The molecule has 0 aliphatic rings. The smallest absolute Gasteiger partial charge is 0.263 e. The number of nitrogens with zero attached hydrogens (tertiary/aromatic N) is 2. The van der Waals surface area contributed by atoms with E-state index in [9.17, 15) is 4.79 Å². The van der Waals surface area contributed by atoms with Gasteiger partial charge in [-0.15, -0.1) is 11.3 Å². The van der Waals surface area contributed by atoms with Gasteiger partial charge in [-0.25, -0.2) is 9.97 Å². The van der Waals surface area contributed by atoms with Crippen LogP contribution in [0.2, 0.25) is 0 Å². The van der Waals surface area contributed by atoms with Crippen molar-refractivity contribution in [3.63, 3.8) is 0 Å². The molecule has 2 aromatic rings. The van der Waals surface area contributed by atoms with Crippen LogP contribution in [0.1, 0.15) is 21.1 Å². The highest BCUT2D eigenvalue weighted by Crippen LogP contribution is 2.11. The highest BCUT2D eigenvalue weighted by atomic mass is 32.1. The monoisotopic (exact) mass is 236 g/mol. The van der Waals surface area contributed by atoms with Crippen LogP contribution in [0, 0.1) is 6.92 Å². The van der Waals surface area contributed by atoms with Gasteiger partial charge in [-0.1, -0.05) is 0 Å². The van der Waals surface area contributed by atoms with Crippen molar-refractivity contribution in [3.05, 3.63) is 34.3 Å². The number of imidazole rings is 1. The van der Waals surface area contributed by atoms with Crippen LogP contribution in [0.4, 0.5) is 0 Å². The van der Waals surface area contributed by atoms with E-state index in [0.717, 1.165) is 17.8 Å². The molecule has 5 nitrogen and oxygen atoms in total. The number of carbonyl (C=O) groups is 1. The molecule has 0 aliphatic heterocycles. The Labute approximate surface area is 96.9 Å². The van der Waals surface area contributed by atoms with E-state index < -0.39 is 0 Å². The summed E-state index contributed by atoms with van der Waals surface area (Å²) in [6.45, 7) is 2.43. The van der Waals surface area contributed by atoms with Gasteiger partial charge in [0.1, 0.15) is 4.88 Å². The van der Waals surface area contributed by atoms with Gasteiger partial charge in [-0.3, -0.25) is 4.79 Å². The van der Waals surface area contributed by atoms with Crippen LogP contribution in [-0.4, -0.2) is 27.4 Å². The second-order valence-electron chi connectivity index (χ2n) is 3.35. The Morgan fingerprint density at radius 3 is 3.12 bits per heavy atom. The minimum atomic E-state index is -0.0560. The molecule has 0 aliphatic carbocycles. The number of H-pyrrole nitrogens is 1. The van der Waals surface area contributed by atoms with Crippen molar-refractivity contribution >= 4 is 17.2 Å². The number of amides is 1. The Kier molecular flexibility index (Phi) is 3.31. The molecule has 84 valence electrons. The summed E-state index contributed by atoms with van der Waals surface area (Å²) in [6.07, 6.45) is 4.14. The Morgan fingerprint density at radius 2 is 2.50 bits per heavy atom. The Balaban J connectivity index is 1.83. The summed E-state index contributed by atoms with van der Waals surface area (Å²) in [7, 11) is 0. The van der Waals surface area contributed by atoms with Crippen molar-refractivity contribution in [2.24, 2.45) is 0 Å². The Hall–Kier alpha value is -1.69. The lowest BCUT2D eigenvalue weighted by atomic mass is 10.3. The largest absolute Gasteiger partial charge is 0.351 e. The molecule has 2 aromatic heterocycles. The minimum absolute atomic E-state index is 0.0560. The SMILES string of the molecule is Cc1ncsc1C(=O)NCCc1cnc[nH]1. The van der Waals surface area contributed by atoms with E-state index in [0.29, 0.717) is 11.4 Å². The highest BCUT2D eigenvalue weighted by molar-refractivity contribution is 7.11. The number of carbonyl (C=O) groups excluding carboxylic acids is 1. The average molecular weight is 236 g/mol. The van der Waals surface area contributed by atoms with Gasteiger partial charge in [-0.2, -0.15) is 0 Å². The molecule has 2 heterocycles. The fourth-order valence-corrected chi connectivity index (χ4v) is 2.05. The predicted octanol–water partition coefficient (Wildman–Crippen LogP) is 1.15. The molecule has 2 N–H and O–H groups in total. The summed E-state index contributed by atoms with van der Waals surface area (Å²) in [5.41, 5.74) is 3.48. The molecule has 0 spiro atoms. The molecule has 0 saturated heterocycles. The quantitative estimate of drug-likeness (QED) is 0.836. The van der Waals surface area contributed by atoms with Gasteiger partial charge >= 0.3 is 0 Å². The third kappa shape index (κ3) is 2.46. The standard InChI is InChI=1S/C10H12N4OS/c1-7-9(16-6-14-7)10(15)12-3-2-8-4-11-5-13-8/h4-6H,2-3H2,1H3,(H,11,13)(H,12,15). The van der Waals surface area contributed by atoms with Crippen LogP contribution < -0.4 is 5.32 Å². The maximum Gasteiger partial charge on any atom is 0.263 e. The number of aryl methyl sites for hydroxylation is 1. The van der Waals surface area contributed by atoms with Crippen LogP contribution in [0.15, 0.2) is 18.0 Å². The van der Waals surface area contributed by atoms with E-state index in [1.54, 1.807) is 18.0 Å². The van der Waals surface area contributed by atoms with Gasteiger partial charge in [0.2, 0.25) is 0 Å². The van der Waals surface area contributed by atoms with Crippen molar-refractivity contribution in [2.45, 2.75) is 13.3 Å². The summed E-state index contributed by atoms with van der Waals surface area (Å²) < 4.78 is 0. The van der Waals surface area contributed by atoms with Crippen LogP contribution in [0.5, 0.6) is 0 Å². The third-order valence-electron chi connectivity index (χ3n) is 2.19. The van der Waals surface area contributed by atoms with Crippen LogP contribution >= 0.6 is 11.3 Å².